The highest BCUT2D eigenvalue weighted by Crippen LogP contribution is 2.12. The molecule has 0 atom stereocenters. The van der Waals surface area contributed by atoms with Crippen molar-refractivity contribution >= 4 is 17.5 Å². The quantitative estimate of drug-likeness (QED) is 0.805. The average molecular weight is 311 g/mol. The fourth-order valence-corrected chi connectivity index (χ4v) is 2.09. The predicted molar refractivity (Wildman–Crippen MR) is 91.1 cm³/mol. The van der Waals surface area contributed by atoms with Gasteiger partial charge in [0.25, 0.3) is 11.8 Å². The predicted octanol–water partition coefficient (Wildman–Crippen LogP) is 2.28. The highest BCUT2D eigenvalue weighted by atomic mass is 16.2. The SMILES string of the molecule is CCN(NC(=O)CNC(=O)c1ccccc1)c1ccc(C)cc1. The average Bonchev–Trinajstić information content (AvgIpc) is 2.59. The third-order valence-electron chi connectivity index (χ3n) is 3.37. The number of nitrogens with zero attached hydrogens (tertiary/aromatic N) is 1. The molecule has 5 heteroatoms. The number of carbonyl (C=O) groups excluding carboxylic acids is 2. The van der Waals surface area contributed by atoms with Crippen LogP contribution in [0.3, 0.4) is 0 Å². The number of nitrogens with one attached hydrogen (secondary N) is 2. The molecule has 0 heterocycles. The van der Waals surface area contributed by atoms with Gasteiger partial charge >= 0.3 is 0 Å². The van der Waals surface area contributed by atoms with Crippen LogP contribution in [0.4, 0.5) is 5.69 Å². The molecule has 2 amide bonds. The van der Waals surface area contributed by atoms with Gasteiger partial charge in [0.2, 0.25) is 0 Å². The maximum Gasteiger partial charge on any atom is 0.257 e. The summed E-state index contributed by atoms with van der Waals surface area (Å²) < 4.78 is 0. The summed E-state index contributed by atoms with van der Waals surface area (Å²) in [7, 11) is 0. The van der Waals surface area contributed by atoms with Crippen molar-refractivity contribution in [1.82, 2.24) is 10.7 Å². The molecule has 2 aromatic rings. The second-order valence-corrected chi connectivity index (χ2v) is 5.16. The minimum Gasteiger partial charge on any atom is -0.343 e. The molecule has 0 radical (unpaired) electrons. The van der Waals surface area contributed by atoms with Crippen molar-refractivity contribution in [3.8, 4) is 0 Å². The maximum atomic E-state index is 12.0. The van der Waals surface area contributed by atoms with E-state index in [0.29, 0.717) is 12.1 Å². The Bertz CT molecular complexity index is 654. The molecule has 0 aliphatic rings. The number of carbonyl (C=O) groups is 2. The van der Waals surface area contributed by atoms with Gasteiger partial charge in [-0.3, -0.25) is 20.0 Å². The minimum absolute atomic E-state index is 0.0733. The van der Waals surface area contributed by atoms with Crippen LogP contribution in [-0.2, 0) is 4.79 Å². The molecule has 0 unspecified atom stereocenters. The number of amides is 2. The van der Waals surface area contributed by atoms with Crippen LogP contribution in [0.1, 0.15) is 22.8 Å². The van der Waals surface area contributed by atoms with Crippen LogP contribution in [0.15, 0.2) is 54.6 Å². The molecule has 0 aliphatic heterocycles. The highest BCUT2D eigenvalue weighted by molar-refractivity contribution is 5.96. The van der Waals surface area contributed by atoms with Gasteiger partial charge in [-0.15, -0.1) is 0 Å². The van der Waals surface area contributed by atoms with Gasteiger partial charge in [-0.2, -0.15) is 0 Å². The molecule has 23 heavy (non-hydrogen) atoms. The van der Waals surface area contributed by atoms with E-state index in [1.807, 2.05) is 44.2 Å². The van der Waals surface area contributed by atoms with Crippen LogP contribution in [0, 0.1) is 6.92 Å². The first-order valence-electron chi connectivity index (χ1n) is 7.57. The Hall–Kier alpha value is -2.82. The van der Waals surface area contributed by atoms with E-state index in [1.165, 1.54) is 0 Å². The Morgan fingerprint density at radius 1 is 1.00 bits per heavy atom. The van der Waals surface area contributed by atoms with Crippen molar-refractivity contribution in [2.75, 3.05) is 18.1 Å². The molecular formula is C18H21N3O2. The van der Waals surface area contributed by atoms with E-state index in [9.17, 15) is 9.59 Å². The molecule has 0 aromatic heterocycles. The van der Waals surface area contributed by atoms with E-state index in [4.69, 9.17) is 0 Å². The van der Waals surface area contributed by atoms with Crippen LogP contribution in [0.25, 0.3) is 0 Å². The first-order valence-corrected chi connectivity index (χ1v) is 7.57. The Morgan fingerprint density at radius 3 is 2.26 bits per heavy atom. The van der Waals surface area contributed by atoms with E-state index < -0.39 is 0 Å². The zero-order valence-electron chi connectivity index (χ0n) is 13.4. The van der Waals surface area contributed by atoms with E-state index in [-0.39, 0.29) is 18.4 Å². The number of hydrogen-bond acceptors (Lipinski definition) is 3. The van der Waals surface area contributed by atoms with Crippen molar-refractivity contribution in [2.24, 2.45) is 0 Å². The smallest absolute Gasteiger partial charge is 0.257 e. The van der Waals surface area contributed by atoms with Crippen molar-refractivity contribution in [3.05, 3.63) is 65.7 Å². The second kappa shape index (κ2) is 7.98. The first kappa shape index (κ1) is 16.5. The Labute approximate surface area is 136 Å². The molecule has 2 N–H and O–H groups in total. The summed E-state index contributed by atoms with van der Waals surface area (Å²) in [5.41, 5.74) is 5.38. The lowest BCUT2D eigenvalue weighted by Gasteiger charge is -2.24. The van der Waals surface area contributed by atoms with Crippen molar-refractivity contribution in [3.63, 3.8) is 0 Å². The lowest BCUT2D eigenvalue weighted by Crippen LogP contribution is -2.46. The summed E-state index contributed by atoms with van der Waals surface area (Å²) in [4.78, 5) is 23.9. The molecule has 0 fully saturated rings. The monoisotopic (exact) mass is 311 g/mol. The number of anilines is 1. The van der Waals surface area contributed by atoms with E-state index >= 15 is 0 Å². The van der Waals surface area contributed by atoms with E-state index in [2.05, 4.69) is 10.7 Å². The van der Waals surface area contributed by atoms with E-state index in [1.54, 1.807) is 29.3 Å². The molecule has 2 rings (SSSR count). The third-order valence-corrected chi connectivity index (χ3v) is 3.37. The first-order chi connectivity index (χ1) is 11.1. The second-order valence-electron chi connectivity index (χ2n) is 5.16. The van der Waals surface area contributed by atoms with Gasteiger partial charge in [-0.1, -0.05) is 35.9 Å². The molecule has 0 saturated carbocycles. The Morgan fingerprint density at radius 2 is 1.65 bits per heavy atom. The van der Waals surface area contributed by atoms with Gasteiger partial charge in [0.15, 0.2) is 0 Å². The summed E-state index contributed by atoms with van der Waals surface area (Å²) in [6.07, 6.45) is 0. The largest absolute Gasteiger partial charge is 0.343 e. The van der Waals surface area contributed by atoms with Gasteiger partial charge in [0.05, 0.1) is 12.2 Å². The van der Waals surface area contributed by atoms with Gasteiger partial charge in [-0.25, -0.2) is 0 Å². The summed E-state index contributed by atoms with van der Waals surface area (Å²) in [5, 5.41) is 4.36. The molecular weight excluding hydrogens is 290 g/mol. The molecule has 0 spiro atoms. The minimum atomic E-state index is -0.267. The van der Waals surface area contributed by atoms with Crippen LogP contribution >= 0.6 is 0 Å². The standard InChI is InChI=1S/C18H21N3O2/c1-3-21(16-11-9-14(2)10-12-16)20-17(22)13-19-18(23)15-7-5-4-6-8-15/h4-12H,3,13H2,1-2H3,(H,19,23)(H,20,22). The number of benzene rings is 2. The number of hydrazine groups is 1. The third kappa shape index (κ3) is 4.85. The summed E-state index contributed by atoms with van der Waals surface area (Å²) in [6, 6.07) is 16.7. The van der Waals surface area contributed by atoms with Crippen molar-refractivity contribution in [1.29, 1.82) is 0 Å². The molecule has 0 bridgehead atoms. The summed E-state index contributed by atoms with van der Waals surface area (Å²) >= 11 is 0. The zero-order chi connectivity index (χ0) is 16.7. The summed E-state index contributed by atoms with van der Waals surface area (Å²) in [6.45, 7) is 4.51. The van der Waals surface area contributed by atoms with Crippen LogP contribution in [0.2, 0.25) is 0 Å². The molecule has 5 nitrogen and oxygen atoms in total. The Kier molecular flexibility index (Phi) is 5.74. The normalized spacial score (nSPS) is 10.0. The van der Waals surface area contributed by atoms with Crippen LogP contribution in [-0.4, -0.2) is 24.9 Å². The molecule has 2 aromatic carbocycles. The Balaban J connectivity index is 1.88. The number of hydrogen-bond donors (Lipinski definition) is 2. The van der Waals surface area contributed by atoms with Crippen LogP contribution in [0.5, 0.6) is 0 Å². The molecule has 120 valence electrons. The van der Waals surface area contributed by atoms with Crippen molar-refractivity contribution in [2.45, 2.75) is 13.8 Å². The lowest BCUT2D eigenvalue weighted by atomic mass is 10.2. The van der Waals surface area contributed by atoms with Gasteiger partial charge in [0.1, 0.15) is 0 Å². The zero-order valence-corrected chi connectivity index (χ0v) is 13.4. The lowest BCUT2D eigenvalue weighted by molar-refractivity contribution is -0.120. The fourth-order valence-electron chi connectivity index (χ4n) is 2.09. The van der Waals surface area contributed by atoms with Gasteiger partial charge in [0, 0.05) is 12.1 Å². The van der Waals surface area contributed by atoms with Crippen LogP contribution < -0.4 is 15.8 Å². The molecule has 0 saturated heterocycles. The highest BCUT2D eigenvalue weighted by Gasteiger charge is 2.10. The number of rotatable bonds is 6. The summed E-state index contributed by atoms with van der Waals surface area (Å²) in [5.74, 6) is -0.532. The van der Waals surface area contributed by atoms with Gasteiger partial charge < -0.3 is 5.32 Å². The maximum absolute atomic E-state index is 12.0. The van der Waals surface area contributed by atoms with Gasteiger partial charge in [-0.05, 0) is 38.1 Å². The number of aryl methyl sites for hydroxylation is 1. The fraction of sp³-hybridized carbons (Fsp3) is 0.222. The topological polar surface area (TPSA) is 61.4 Å². The molecule has 0 aliphatic carbocycles. The van der Waals surface area contributed by atoms with Crippen molar-refractivity contribution < 1.29 is 9.59 Å². The van der Waals surface area contributed by atoms with E-state index in [0.717, 1.165) is 11.3 Å².